The van der Waals surface area contributed by atoms with Crippen molar-refractivity contribution in [2.75, 3.05) is 6.54 Å². The molecule has 0 aromatic carbocycles. The number of aromatic nitrogens is 2. The number of rotatable bonds is 2. The molecule has 0 aliphatic carbocycles. The van der Waals surface area contributed by atoms with Gasteiger partial charge in [-0.1, -0.05) is 34.6 Å². The van der Waals surface area contributed by atoms with Crippen LogP contribution < -0.4 is 5.56 Å². The topological polar surface area (TPSA) is 66.1 Å². The summed E-state index contributed by atoms with van der Waals surface area (Å²) in [5, 5.41) is 0. The molecule has 1 aliphatic rings. The maximum Gasteiger partial charge on any atom is 0.251 e. The third kappa shape index (κ3) is 3.34. The highest BCUT2D eigenvalue weighted by atomic mass is 16.2. The van der Waals surface area contributed by atoms with Crippen LogP contribution in [0.2, 0.25) is 0 Å². The molecule has 1 amide bonds. The van der Waals surface area contributed by atoms with Crippen LogP contribution in [0.25, 0.3) is 0 Å². The van der Waals surface area contributed by atoms with Crippen LogP contribution in [0.15, 0.2) is 10.9 Å². The number of nitrogens with one attached hydrogen (secondary N) is 1. The van der Waals surface area contributed by atoms with Crippen molar-refractivity contribution in [2.45, 2.75) is 59.4 Å². The van der Waals surface area contributed by atoms with Crippen LogP contribution in [0, 0.1) is 5.41 Å². The number of carbonyl (C=O) groups excluding carboxylic acids is 1. The molecule has 21 heavy (non-hydrogen) atoms. The van der Waals surface area contributed by atoms with Crippen LogP contribution in [-0.2, 0) is 4.79 Å². The van der Waals surface area contributed by atoms with E-state index >= 15 is 0 Å². The van der Waals surface area contributed by atoms with Gasteiger partial charge in [0.2, 0.25) is 5.91 Å². The summed E-state index contributed by atoms with van der Waals surface area (Å²) in [6.45, 7) is 10.5. The molecule has 1 aromatic heterocycles. The van der Waals surface area contributed by atoms with Gasteiger partial charge >= 0.3 is 0 Å². The van der Waals surface area contributed by atoms with Crippen LogP contribution >= 0.6 is 0 Å². The predicted octanol–water partition coefficient (Wildman–Crippen LogP) is 2.60. The smallest absolute Gasteiger partial charge is 0.251 e. The molecule has 5 heteroatoms. The second kappa shape index (κ2) is 5.62. The van der Waals surface area contributed by atoms with Crippen LogP contribution in [0.1, 0.15) is 70.9 Å². The molecular weight excluding hydrogens is 266 g/mol. The first-order chi connectivity index (χ1) is 9.70. The van der Waals surface area contributed by atoms with Crippen LogP contribution in [-0.4, -0.2) is 27.3 Å². The van der Waals surface area contributed by atoms with E-state index in [-0.39, 0.29) is 23.4 Å². The van der Waals surface area contributed by atoms with Crippen molar-refractivity contribution in [3.05, 3.63) is 27.9 Å². The normalized spacial score (nSPS) is 19.3. The van der Waals surface area contributed by atoms with Gasteiger partial charge in [-0.15, -0.1) is 0 Å². The summed E-state index contributed by atoms with van der Waals surface area (Å²) >= 11 is 0. The van der Waals surface area contributed by atoms with E-state index in [1.807, 2.05) is 39.5 Å². The van der Waals surface area contributed by atoms with E-state index in [0.29, 0.717) is 5.82 Å². The third-order valence-corrected chi connectivity index (χ3v) is 3.84. The van der Waals surface area contributed by atoms with Gasteiger partial charge in [0.15, 0.2) is 0 Å². The van der Waals surface area contributed by atoms with E-state index in [1.165, 1.54) is 0 Å². The molecule has 1 atom stereocenters. The molecule has 2 rings (SSSR count). The molecule has 1 N–H and O–H groups in total. The Hall–Kier alpha value is -1.65. The molecule has 5 nitrogen and oxygen atoms in total. The second-order valence-corrected chi connectivity index (χ2v) is 7.12. The molecule has 0 spiro atoms. The number of carbonyl (C=O) groups is 1. The quantitative estimate of drug-likeness (QED) is 0.910. The minimum absolute atomic E-state index is 0.108. The number of nitrogens with zero attached hydrogens (tertiary/aromatic N) is 2. The van der Waals surface area contributed by atoms with E-state index < -0.39 is 5.41 Å². The monoisotopic (exact) mass is 291 g/mol. The Bertz CT molecular complexity index is 584. The van der Waals surface area contributed by atoms with Crippen LogP contribution in [0.5, 0.6) is 0 Å². The summed E-state index contributed by atoms with van der Waals surface area (Å²) in [7, 11) is 0. The molecule has 1 saturated heterocycles. The van der Waals surface area contributed by atoms with Crippen molar-refractivity contribution in [1.29, 1.82) is 0 Å². The number of hydrogen-bond donors (Lipinski definition) is 1. The molecule has 1 aliphatic heterocycles. The predicted molar refractivity (Wildman–Crippen MR) is 82.1 cm³/mol. The first kappa shape index (κ1) is 15.7. The molecule has 0 bridgehead atoms. The minimum Gasteiger partial charge on any atom is -0.332 e. The fourth-order valence-corrected chi connectivity index (χ4v) is 2.67. The lowest BCUT2D eigenvalue weighted by Gasteiger charge is -2.30. The maximum atomic E-state index is 12.6. The number of aromatic amines is 1. The van der Waals surface area contributed by atoms with Crippen LogP contribution in [0.3, 0.4) is 0 Å². The van der Waals surface area contributed by atoms with Gasteiger partial charge in [-0.05, 0) is 18.8 Å². The van der Waals surface area contributed by atoms with Crippen molar-refractivity contribution in [3.63, 3.8) is 0 Å². The number of likely N-dealkylation sites (tertiary alicyclic amines) is 1. The number of hydrogen-bond acceptors (Lipinski definition) is 3. The van der Waals surface area contributed by atoms with Crippen molar-refractivity contribution in [2.24, 2.45) is 5.41 Å². The molecule has 1 aromatic rings. The van der Waals surface area contributed by atoms with Crippen molar-refractivity contribution in [1.82, 2.24) is 14.9 Å². The largest absolute Gasteiger partial charge is 0.332 e. The Morgan fingerprint density at radius 2 is 2.10 bits per heavy atom. The Morgan fingerprint density at radius 1 is 1.43 bits per heavy atom. The molecular formula is C16H25N3O2. The van der Waals surface area contributed by atoms with E-state index in [2.05, 4.69) is 9.97 Å². The lowest BCUT2D eigenvalue weighted by Crippen LogP contribution is -2.39. The summed E-state index contributed by atoms with van der Waals surface area (Å²) in [4.78, 5) is 33.7. The zero-order chi connectivity index (χ0) is 15.8. The summed E-state index contributed by atoms with van der Waals surface area (Å²) in [5.74, 6) is 0.933. The van der Waals surface area contributed by atoms with Gasteiger partial charge in [0.05, 0.1) is 11.7 Å². The lowest BCUT2D eigenvalue weighted by molar-refractivity contribution is -0.140. The number of amides is 1. The molecule has 2 heterocycles. The van der Waals surface area contributed by atoms with Gasteiger partial charge in [0.1, 0.15) is 5.82 Å². The zero-order valence-corrected chi connectivity index (χ0v) is 13.6. The summed E-state index contributed by atoms with van der Waals surface area (Å²) in [5.41, 5.74) is 0.223. The van der Waals surface area contributed by atoms with Gasteiger partial charge in [0.25, 0.3) is 5.56 Å². The zero-order valence-electron chi connectivity index (χ0n) is 13.6. The van der Waals surface area contributed by atoms with Gasteiger partial charge in [0, 0.05) is 18.0 Å². The van der Waals surface area contributed by atoms with Gasteiger partial charge in [-0.2, -0.15) is 0 Å². The molecule has 0 saturated carbocycles. The van der Waals surface area contributed by atoms with E-state index in [0.717, 1.165) is 25.1 Å². The van der Waals surface area contributed by atoms with Crippen molar-refractivity contribution in [3.8, 4) is 0 Å². The van der Waals surface area contributed by atoms with Gasteiger partial charge in [-0.25, -0.2) is 4.98 Å². The second-order valence-electron chi connectivity index (χ2n) is 7.12. The highest BCUT2D eigenvalue weighted by molar-refractivity contribution is 5.82. The highest BCUT2D eigenvalue weighted by Crippen LogP contribution is 2.33. The maximum absolute atomic E-state index is 12.6. The average Bonchev–Trinajstić information content (AvgIpc) is 2.84. The first-order valence-corrected chi connectivity index (χ1v) is 7.62. The Balaban J connectivity index is 2.37. The SMILES string of the molecule is CC(C)c1cc(=O)[nH]c([C@H]2CCCN2C(=O)C(C)(C)C)n1. The van der Waals surface area contributed by atoms with Gasteiger partial charge < -0.3 is 9.88 Å². The number of H-pyrrole nitrogens is 1. The molecule has 0 radical (unpaired) electrons. The van der Waals surface area contributed by atoms with Crippen molar-refractivity contribution < 1.29 is 4.79 Å². The lowest BCUT2D eigenvalue weighted by atomic mass is 9.94. The summed E-state index contributed by atoms with van der Waals surface area (Å²) in [6.07, 6.45) is 1.80. The summed E-state index contributed by atoms with van der Waals surface area (Å²) in [6, 6.07) is 1.43. The van der Waals surface area contributed by atoms with Crippen molar-refractivity contribution >= 4 is 5.91 Å². The van der Waals surface area contributed by atoms with E-state index in [4.69, 9.17) is 0 Å². The van der Waals surface area contributed by atoms with Gasteiger partial charge in [-0.3, -0.25) is 9.59 Å². The third-order valence-electron chi connectivity index (χ3n) is 3.84. The minimum atomic E-state index is -0.418. The average molecular weight is 291 g/mol. The highest BCUT2D eigenvalue weighted by Gasteiger charge is 2.36. The Kier molecular flexibility index (Phi) is 4.21. The fourth-order valence-electron chi connectivity index (χ4n) is 2.67. The standard InChI is InChI=1S/C16H25N3O2/c1-10(2)11-9-13(20)18-14(17-11)12-7-6-8-19(12)15(21)16(3,4)5/h9-10,12H,6-8H2,1-5H3,(H,17,18,20)/t12-/m1/s1. The van der Waals surface area contributed by atoms with E-state index in [1.54, 1.807) is 6.07 Å². The Morgan fingerprint density at radius 3 is 2.67 bits per heavy atom. The fraction of sp³-hybridized carbons (Fsp3) is 0.688. The summed E-state index contributed by atoms with van der Waals surface area (Å²) < 4.78 is 0. The molecule has 0 unspecified atom stereocenters. The Labute approximate surface area is 125 Å². The van der Waals surface area contributed by atoms with Crippen LogP contribution in [0.4, 0.5) is 0 Å². The molecule has 116 valence electrons. The first-order valence-electron chi connectivity index (χ1n) is 7.62. The van der Waals surface area contributed by atoms with E-state index in [9.17, 15) is 9.59 Å². The molecule has 1 fully saturated rings.